The van der Waals surface area contributed by atoms with Crippen LogP contribution in [0.5, 0.6) is 0 Å². The first-order valence-electron chi connectivity index (χ1n) is 6.53. The second-order valence-corrected chi connectivity index (χ2v) is 5.62. The molecule has 0 aromatic carbocycles. The molecule has 2 unspecified atom stereocenters. The summed E-state index contributed by atoms with van der Waals surface area (Å²) in [6.45, 7) is 1.33. The molecular weight excluding hydrogens is 344 g/mol. The number of hydrazone groups is 1. The summed E-state index contributed by atoms with van der Waals surface area (Å²) in [5.74, 6) is -1.97. The quantitative estimate of drug-likeness (QED) is 0.820. The molecule has 23 heavy (non-hydrogen) atoms. The molecule has 1 aromatic heterocycles. The van der Waals surface area contributed by atoms with Crippen LogP contribution in [0.15, 0.2) is 17.5 Å². The zero-order valence-electron chi connectivity index (χ0n) is 11.8. The van der Waals surface area contributed by atoms with Crippen LogP contribution in [0.3, 0.4) is 0 Å². The van der Waals surface area contributed by atoms with Crippen LogP contribution in [0.2, 0.25) is 5.02 Å². The lowest BCUT2D eigenvalue weighted by atomic mass is 10.1. The fraction of sp³-hybridized carbons (Fsp3) is 0.583. The van der Waals surface area contributed by atoms with Crippen molar-refractivity contribution in [2.45, 2.75) is 38.5 Å². The van der Waals surface area contributed by atoms with Crippen molar-refractivity contribution < 1.29 is 27.5 Å². The molecule has 0 spiro atoms. The van der Waals surface area contributed by atoms with Crippen LogP contribution >= 0.6 is 11.6 Å². The van der Waals surface area contributed by atoms with Crippen LogP contribution in [-0.2, 0) is 11.3 Å². The maximum atomic E-state index is 13.1. The van der Waals surface area contributed by atoms with Crippen molar-refractivity contribution in [3.8, 4) is 0 Å². The minimum atomic E-state index is -3.45. The molecule has 11 heteroatoms. The van der Waals surface area contributed by atoms with E-state index in [0.29, 0.717) is 5.02 Å². The lowest BCUT2D eigenvalue weighted by molar-refractivity contribution is -0.195. The zero-order chi connectivity index (χ0) is 17.4. The Hall–Kier alpha value is -1.68. The van der Waals surface area contributed by atoms with E-state index in [-0.39, 0.29) is 11.6 Å². The Morgan fingerprint density at radius 3 is 2.61 bits per heavy atom. The van der Waals surface area contributed by atoms with Crippen molar-refractivity contribution in [2.75, 3.05) is 0 Å². The van der Waals surface area contributed by atoms with E-state index in [1.165, 1.54) is 24.0 Å². The van der Waals surface area contributed by atoms with Crippen LogP contribution in [0.4, 0.5) is 17.6 Å². The Bertz CT molecular complexity index is 624. The molecule has 2 atom stereocenters. The Labute approximate surface area is 133 Å². The summed E-state index contributed by atoms with van der Waals surface area (Å²) >= 11 is 5.67. The van der Waals surface area contributed by atoms with Gasteiger partial charge >= 0.3 is 0 Å². The minimum absolute atomic E-state index is 0.0408. The van der Waals surface area contributed by atoms with Crippen LogP contribution in [-0.4, -0.2) is 50.1 Å². The van der Waals surface area contributed by atoms with Crippen molar-refractivity contribution in [1.82, 2.24) is 14.8 Å². The largest absolute Gasteiger partial charge is 0.364 e. The van der Waals surface area contributed by atoms with Crippen molar-refractivity contribution in [1.29, 1.82) is 0 Å². The maximum absolute atomic E-state index is 13.1. The van der Waals surface area contributed by atoms with Gasteiger partial charge in [-0.3, -0.25) is 9.48 Å². The van der Waals surface area contributed by atoms with Gasteiger partial charge in [-0.15, -0.1) is 0 Å². The number of rotatable bonds is 5. The molecule has 1 aliphatic heterocycles. The third kappa shape index (κ3) is 3.47. The number of carbonyl (C=O) groups excluding carboxylic acids is 1. The first-order chi connectivity index (χ1) is 10.6. The number of carbonyl (C=O) groups is 1. The summed E-state index contributed by atoms with van der Waals surface area (Å²) in [6, 6.07) is 0. The Kier molecular flexibility index (Phi) is 4.95. The van der Waals surface area contributed by atoms with Gasteiger partial charge in [0.1, 0.15) is 5.71 Å². The van der Waals surface area contributed by atoms with E-state index in [9.17, 15) is 27.5 Å². The Morgan fingerprint density at radius 2 is 2.13 bits per heavy atom. The molecule has 0 radical (unpaired) electrons. The Morgan fingerprint density at radius 1 is 1.48 bits per heavy atom. The van der Waals surface area contributed by atoms with E-state index in [1.807, 2.05) is 0 Å². The molecule has 128 valence electrons. The lowest BCUT2D eigenvalue weighted by Crippen LogP contribution is -2.53. The zero-order valence-corrected chi connectivity index (χ0v) is 12.6. The number of aliphatic hydroxyl groups is 1. The van der Waals surface area contributed by atoms with Gasteiger partial charge in [0.05, 0.1) is 23.7 Å². The lowest BCUT2D eigenvalue weighted by Gasteiger charge is -2.31. The fourth-order valence-electron chi connectivity index (χ4n) is 2.13. The van der Waals surface area contributed by atoms with Gasteiger partial charge in [-0.05, 0) is 0 Å². The van der Waals surface area contributed by atoms with E-state index >= 15 is 0 Å². The summed E-state index contributed by atoms with van der Waals surface area (Å²) in [6.07, 6.45) is -4.97. The molecule has 0 fully saturated rings. The normalized spacial score (nSPS) is 22.8. The number of aromatic nitrogens is 2. The summed E-state index contributed by atoms with van der Waals surface area (Å²) in [4.78, 5) is 12.3. The van der Waals surface area contributed by atoms with E-state index < -0.39 is 42.5 Å². The van der Waals surface area contributed by atoms with Gasteiger partial charge < -0.3 is 5.11 Å². The average molecular weight is 357 g/mol. The molecule has 0 saturated heterocycles. The molecule has 2 heterocycles. The molecule has 0 aliphatic carbocycles. The maximum Gasteiger partial charge on any atom is 0.287 e. The number of hydrogen-bond donors (Lipinski definition) is 1. The van der Waals surface area contributed by atoms with Crippen LogP contribution in [0.1, 0.15) is 13.3 Å². The van der Waals surface area contributed by atoms with Gasteiger partial charge in [0.15, 0.2) is 0 Å². The van der Waals surface area contributed by atoms with E-state index in [1.54, 1.807) is 0 Å². The molecule has 1 aromatic rings. The van der Waals surface area contributed by atoms with Gasteiger partial charge in [-0.2, -0.15) is 15.2 Å². The minimum Gasteiger partial charge on any atom is -0.364 e. The summed E-state index contributed by atoms with van der Waals surface area (Å²) in [5.41, 5.74) is -4.03. The molecule has 2 rings (SSSR count). The number of hydrogen-bond acceptors (Lipinski definition) is 4. The molecule has 6 nitrogen and oxygen atoms in total. The molecule has 0 bridgehead atoms. The van der Waals surface area contributed by atoms with E-state index in [2.05, 4.69) is 10.2 Å². The summed E-state index contributed by atoms with van der Waals surface area (Å²) < 4.78 is 52.8. The number of halogens is 5. The fourth-order valence-corrected chi connectivity index (χ4v) is 2.28. The van der Waals surface area contributed by atoms with Crippen LogP contribution in [0.25, 0.3) is 0 Å². The molecule has 1 amide bonds. The SMILES string of the molecule is CC(Cn1cc(Cl)cn1)C(=O)N1N=C(C(F)F)CC1(O)C(F)F. The smallest absolute Gasteiger partial charge is 0.287 e. The van der Waals surface area contributed by atoms with Crippen LogP contribution in [0, 0.1) is 5.92 Å². The first kappa shape index (κ1) is 17.7. The van der Waals surface area contributed by atoms with Crippen molar-refractivity contribution in [3.05, 3.63) is 17.4 Å². The number of alkyl halides is 4. The standard InChI is InChI=1S/C12H13ClF4N4O2/c1-6(4-20-5-7(13)3-18-20)10(22)21-12(23,11(16)17)2-8(19-21)9(14)15/h3,5-6,9,11,23H,2,4H2,1H3. The highest BCUT2D eigenvalue weighted by Crippen LogP contribution is 2.34. The van der Waals surface area contributed by atoms with Gasteiger partial charge in [-0.1, -0.05) is 18.5 Å². The molecule has 1 N–H and O–H groups in total. The average Bonchev–Trinajstić information content (AvgIpc) is 3.02. The predicted octanol–water partition coefficient (Wildman–Crippen LogP) is 1.98. The summed E-state index contributed by atoms with van der Waals surface area (Å²) in [7, 11) is 0. The van der Waals surface area contributed by atoms with Gasteiger partial charge in [-0.25, -0.2) is 17.6 Å². The third-order valence-corrected chi connectivity index (χ3v) is 3.53. The van der Waals surface area contributed by atoms with Crippen molar-refractivity contribution >= 4 is 23.2 Å². The second-order valence-electron chi connectivity index (χ2n) is 5.18. The van der Waals surface area contributed by atoms with Crippen molar-refractivity contribution in [3.63, 3.8) is 0 Å². The number of amides is 1. The molecule has 1 aliphatic rings. The Balaban J connectivity index is 2.20. The van der Waals surface area contributed by atoms with Gasteiger partial charge in [0.2, 0.25) is 11.6 Å². The van der Waals surface area contributed by atoms with Crippen LogP contribution < -0.4 is 0 Å². The third-order valence-electron chi connectivity index (χ3n) is 3.33. The molecular formula is C12H13ClF4N4O2. The highest BCUT2D eigenvalue weighted by molar-refractivity contribution is 6.30. The molecule has 0 saturated carbocycles. The van der Waals surface area contributed by atoms with E-state index in [4.69, 9.17) is 11.6 Å². The van der Waals surface area contributed by atoms with Crippen molar-refractivity contribution in [2.24, 2.45) is 11.0 Å². The van der Waals surface area contributed by atoms with Gasteiger partial charge in [0, 0.05) is 12.6 Å². The number of nitrogens with zero attached hydrogens (tertiary/aromatic N) is 4. The predicted molar refractivity (Wildman–Crippen MR) is 72.3 cm³/mol. The second kappa shape index (κ2) is 6.44. The van der Waals surface area contributed by atoms with Gasteiger partial charge in [0.25, 0.3) is 12.9 Å². The van der Waals surface area contributed by atoms with E-state index in [0.717, 1.165) is 0 Å². The summed E-state index contributed by atoms with van der Waals surface area (Å²) in [5, 5.41) is 17.3. The highest BCUT2D eigenvalue weighted by Gasteiger charge is 2.53. The highest BCUT2D eigenvalue weighted by atomic mass is 35.5. The first-order valence-corrected chi connectivity index (χ1v) is 6.91. The monoisotopic (exact) mass is 356 g/mol. The topological polar surface area (TPSA) is 70.7 Å².